The average molecular weight is 217 g/mol. The van der Waals surface area contributed by atoms with Crippen molar-refractivity contribution in [2.24, 2.45) is 0 Å². The van der Waals surface area contributed by atoms with E-state index in [0.29, 0.717) is 6.54 Å². The first-order chi connectivity index (χ1) is 6.74. The van der Waals surface area contributed by atoms with Crippen molar-refractivity contribution in [3.63, 3.8) is 0 Å². The van der Waals surface area contributed by atoms with Gasteiger partial charge in [-0.25, -0.2) is 8.78 Å². The Labute approximate surface area is 86.9 Å². The highest BCUT2D eigenvalue weighted by Crippen LogP contribution is 2.19. The number of benzene rings is 1. The summed E-state index contributed by atoms with van der Waals surface area (Å²) in [5, 5.41) is 2.71. The lowest BCUT2D eigenvalue weighted by atomic mass is 10.2. The van der Waals surface area contributed by atoms with Crippen LogP contribution < -0.4 is 5.32 Å². The standard InChI is InChI=1S/C10H13F2NS/c1-14-9-5-3-2-4-8(9)6-13-7-10(11)12/h2-5,10,13H,6-7H2,1H3. The third-order valence-electron chi connectivity index (χ3n) is 1.81. The summed E-state index contributed by atoms with van der Waals surface area (Å²) < 4.78 is 23.7. The van der Waals surface area contributed by atoms with Gasteiger partial charge in [0.1, 0.15) is 0 Å². The monoisotopic (exact) mass is 217 g/mol. The Balaban J connectivity index is 2.49. The van der Waals surface area contributed by atoms with Crippen molar-refractivity contribution < 1.29 is 8.78 Å². The molecule has 0 spiro atoms. The molecule has 4 heteroatoms. The molecule has 0 aliphatic rings. The zero-order valence-electron chi connectivity index (χ0n) is 7.97. The molecule has 0 atom stereocenters. The smallest absolute Gasteiger partial charge is 0.250 e. The first-order valence-electron chi connectivity index (χ1n) is 4.35. The van der Waals surface area contributed by atoms with E-state index in [-0.39, 0.29) is 6.54 Å². The Kier molecular flexibility index (Phi) is 4.90. The van der Waals surface area contributed by atoms with Gasteiger partial charge in [-0.05, 0) is 17.9 Å². The maximum Gasteiger partial charge on any atom is 0.250 e. The molecule has 0 aromatic heterocycles. The van der Waals surface area contributed by atoms with Gasteiger partial charge in [0, 0.05) is 11.4 Å². The fourth-order valence-electron chi connectivity index (χ4n) is 1.16. The van der Waals surface area contributed by atoms with Gasteiger partial charge >= 0.3 is 0 Å². The number of nitrogens with one attached hydrogen (secondary N) is 1. The molecule has 1 nitrogen and oxygen atoms in total. The topological polar surface area (TPSA) is 12.0 Å². The minimum atomic E-state index is -2.28. The number of rotatable bonds is 5. The van der Waals surface area contributed by atoms with Gasteiger partial charge in [-0.1, -0.05) is 18.2 Å². The number of hydrogen-bond donors (Lipinski definition) is 1. The van der Waals surface area contributed by atoms with Crippen LogP contribution in [0, 0.1) is 0 Å². The number of halogens is 2. The van der Waals surface area contributed by atoms with E-state index in [1.807, 2.05) is 30.5 Å². The third-order valence-corrected chi connectivity index (χ3v) is 2.64. The van der Waals surface area contributed by atoms with Gasteiger partial charge in [-0.15, -0.1) is 11.8 Å². The number of hydrogen-bond acceptors (Lipinski definition) is 2. The summed E-state index contributed by atoms with van der Waals surface area (Å²) in [5.41, 5.74) is 1.07. The maximum absolute atomic E-state index is 11.9. The quantitative estimate of drug-likeness (QED) is 0.761. The molecule has 0 amide bonds. The maximum atomic E-state index is 11.9. The van der Waals surface area contributed by atoms with Crippen molar-refractivity contribution in [2.45, 2.75) is 17.9 Å². The van der Waals surface area contributed by atoms with E-state index in [2.05, 4.69) is 5.32 Å². The molecular formula is C10H13F2NS. The molecule has 0 aliphatic heterocycles. The Morgan fingerprint density at radius 2 is 2.07 bits per heavy atom. The predicted octanol–water partition coefficient (Wildman–Crippen LogP) is 2.76. The Morgan fingerprint density at radius 1 is 1.36 bits per heavy atom. The van der Waals surface area contributed by atoms with Gasteiger partial charge in [-0.3, -0.25) is 0 Å². The van der Waals surface area contributed by atoms with Gasteiger partial charge in [-0.2, -0.15) is 0 Å². The zero-order valence-corrected chi connectivity index (χ0v) is 8.78. The SMILES string of the molecule is CSc1ccccc1CNCC(F)F. The molecule has 0 saturated heterocycles. The molecule has 1 rings (SSSR count). The number of alkyl halides is 2. The van der Waals surface area contributed by atoms with Crippen molar-refractivity contribution in [3.8, 4) is 0 Å². The second-order valence-electron chi connectivity index (χ2n) is 2.83. The predicted molar refractivity (Wildman–Crippen MR) is 55.9 cm³/mol. The van der Waals surface area contributed by atoms with E-state index in [1.54, 1.807) is 11.8 Å². The Hall–Kier alpha value is -0.610. The molecular weight excluding hydrogens is 204 g/mol. The zero-order chi connectivity index (χ0) is 10.4. The molecule has 0 heterocycles. The van der Waals surface area contributed by atoms with Gasteiger partial charge in [0.05, 0.1) is 6.54 Å². The van der Waals surface area contributed by atoms with Gasteiger partial charge in [0.15, 0.2) is 0 Å². The van der Waals surface area contributed by atoms with Crippen LogP contribution in [0.5, 0.6) is 0 Å². The van der Waals surface area contributed by atoms with Crippen LogP contribution in [-0.4, -0.2) is 19.2 Å². The lowest BCUT2D eigenvalue weighted by Crippen LogP contribution is -2.20. The normalized spacial score (nSPS) is 10.9. The van der Waals surface area contributed by atoms with Crippen LogP contribution in [0.4, 0.5) is 8.78 Å². The molecule has 0 aliphatic carbocycles. The van der Waals surface area contributed by atoms with E-state index in [9.17, 15) is 8.78 Å². The highest BCUT2D eigenvalue weighted by Gasteiger charge is 2.03. The van der Waals surface area contributed by atoms with Crippen molar-refractivity contribution in [2.75, 3.05) is 12.8 Å². The average Bonchev–Trinajstić information content (AvgIpc) is 2.18. The van der Waals surface area contributed by atoms with E-state index < -0.39 is 6.43 Å². The highest BCUT2D eigenvalue weighted by atomic mass is 32.2. The largest absolute Gasteiger partial charge is 0.307 e. The second-order valence-corrected chi connectivity index (χ2v) is 3.68. The molecule has 0 bridgehead atoms. The van der Waals surface area contributed by atoms with Crippen LogP contribution >= 0.6 is 11.8 Å². The molecule has 78 valence electrons. The lowest BCUT2D eigenvalue weighted by Gasteiger charge is -2.07. The van der Waals surface area contributed by atoms with Crippen LogP contribution in [0.3, 0.4) is 0 Å². The fraction of sp³-hybridized carbons (Fsp3) is 0.400. The summed E-state index contributed by atoms with van der Waals surface area (Å²) in [6.45, 7) is 0.254. The summed E-state index contributed by atoms with van der Waals surface area (Å²) in [6, 6.07) is 7.80. The molecule has 14 heavy (non-hydrogen) atoms. The third kappa shape index (κ3) is 3.64. The van der Waals surface area contributed by atoms with Gasteiger partial charge in [0.25, 0.3) is 6.43 Å². The fourth-order valence-corrected chi connectivity index (χ4v) is 1.78. The van der Waals surface area contributed by atoms with Crippen molar-refractivity contribution >= 4 is 11.8 Å². The summed E-state index contributed by atoms with van der Waals surface area (Å²) in [7, 11) is 0. The lowest BCUT2D eigenvalue weighted by molar-refractivity contribution is 0.145. The molecule has 1 N–H and O–H groups in total. The minimum Gasteiger partial charge on any atom is -0.307 e. The summed E-state index contributed by atoms with van der Waals surface area (Å²) in [6.07, 6.45) is -0.303. The summed E-state index contributed by atoms with van der Waals surface area (Å²) in [4.78, 5) is 1.13. The first-order valence-corrected chi connectivity index (χ1v) is 5.57. The van der Waals surface area contributed by atoms with Crippen LogP contribution in [0.15, 0.2) is 29.2 Å². The van der Waals surface area contributed by atoms with Crippen molar-refractivity contribution in [3.05, 3.63) is 29.8 Å². The molecule has 0 fully saturated rings. The van der Waals surface area contributed by atoms with E-state index in [0.717, 1.165) is 10.5 Å². The van der Waals surface area contributed by atoms with Crippen molar-refractivity contribution in [1.29, 1.82) is 0 Å². The first kappa shape index (κ1) is 11.5. The van der Waals surface area contributed by atoms with Crippen molar-refractivity contribution in [1.82, 2.24) is 5.32 Å². The van der Waals surface area contributed by atoms with E-state index >= 15 is 0 Å². The van der Waals surface area contributed by atoms with Crippen LogP contribution in [0.2, 0.25) is 0 Å². The van der Waals surface area contributed by atoms with Crippen LogP contribution in [0.25, 0.3) is 0 Å². The summed E-state index contributed by atoms with van der Waals surface area (Å²) >= 11 is 1.63. The van der Waals surface area contributed by atoms with E-state index in [4.69, 9.17) is 0 Å². The number of thioether (sulfide) groups is 1. The molecule has 0 saturated carbocycles. The van der Waals surface area contributed by atoms with Gasteiger partial charge < -0.3 is 5.32 Å². The molecule has 0 radical (unpaired) electrons. The van der Waals surface area contributed by atoms with E-state index in [1.165, 1.54) is 0 Å². The van der Waals surface area contributed by atoms with Crippen LogP contribution in [0.1, 0.15) is 5.56 Å². The second kappa shape index (κ2) is 5.98. The molecule has 1 aromatic carbocycles. The molecule has 0 unspecified atom stereocenters. The Bertz CT molecular complexity index is 279. The highest BCUT2D eigenvalue weighted by molar-refractivity contribution is 7.98. The van der Waals surface area contributed by atoms with Crippen LogP contribution in [-0.2, 0) is 6.54 Å². The Morgan fingerprint density at radius 3 is 2.71 bits per heavy atom. The summed E-state index contributed by atoms with van der Waals surface area (Å²) in [5.74, 6) is 0. The molecule has 1 aromatic rings. The minimum absolute atomic E-state index is 0.247. The van der Waals surface area contributed by atoms with Gasteiger partial charge in [0.2, 0.25) is 0 Å².